The third-order valence-corrected chi connectivity index (χ3v) is 3.68. The molecule has 2 aromatic rings. The SMILES string of the molecule is Cc1cc(CN2CCN(Cc3ccn(C)n3)CC2)on1. The van der Waals surface area contributed by atoms with Crippen molar-refractivity contribution in [1.82, 2.24) is 24.7 Å². The van der Waals surface area contributed by atoms with Gasteiger partial charge in [-0.2, -0.15) is 5.10 Å². The fraction of sp³-hybridized carbons (Fsp3) is 0.571. The number of hydrogen-bond donors (Lipinski definition) is 0. The van der Waals surface area contributed by atoms with Crippen LogP contribution in [0.15, 0.2) is 22.9 Å². The summed E-state index contributed by atoms with van der Waals surface area (Å²) in [5.41, 5.74) is 2.10. The Kier molecular flexibility index (Phi) is 3.84. The van der Waals surface area contributed by atoms with E-state index in [1.807, 2.05) is 30.9 Å². The molecular formula is C14H21N5O. The van der Waals surface area contributed by atoms with E-state index in [-0.39, 0.29) is 0 Å². The van der Waals surface area contributed by atoms with Crippen molar-refractivity contribution in [1.29, 1.82) is 0 Å². The Bertz CT molecular complexity index is 503. The molecular weight excluding hydrogens is 254 g/mol. The monoisotopic (exact) mass is 275 g/mol. The summed E-state index contributed by atoms with van der Waals surface area (Å²) >= 11 is 0. The van der Waals surface area contributed by atoms with Crippen LogP contribution in [-0.2, 0) is 20.1 Å². The van der Waals surface area contributed by atoms with Crippen molar-refractivity contribution in [2.24, 2.45) is 7.05 Å². The lowest BCUT2D eigenvalue weighted by atomic mass is 10.2. The molecule has 1 saturated heterocycles. The van der Waals surface area contributed by atoms with Crippen molar-refractivity contribution in [3.05, 3.63) is 35.5 Å². The average Bonchev–Trinajstić information content (AvgIpc) is 3.01. The Morgan fingerprint density at radius 3 is 2.40 bits per heavy atom. The van der Waals surface area contributed by atoms with Gasteiger partial charge in [0, 0.05) is 52.0 Å². The van der Waals surface area contributed by atoms with Gasteiger partial charge in [0.15, 0.2) is 5.76 Å². The molecule has 0 spiro atoms. The highest BCUT2D eigenvalue weighted by molar-refractivity contribution is 5.03. The van der Waals surface area contributed by atoms with E-state index in [1.54, 1.807) is 0 Å². The smallest absolute Gasteiger partial charge is 0.150 e. The Balaban J connectivity index is 1.47. The highest BCUT2D eigenvalue weighted by atomic mass is 16.5. The number of nitrogens with zero attached hydrogens (tertiary/aromatic N) is 5. The van der Waals surface area contributed by atoms with Gasteiger partial charge in [0.2, 0.25) is 0 Å². The van der Waals surface area contributed by atoms with Crippen LogP contribution in [0.5, 0.6) is 0 Å². The minimum Gasteiger partial charge on any atom is -0.360 e. The van der Waals surface area contributed by atoms with Crippen molar-refractivity contribution in [2.45, 2.75) is 20.0 Å². The molecule has 0 atom stereocenters. The highest BCUT2D eigenvalue weighted by Gasteiger charge is 2.18. The summed E-state index contributed by atoms with van der Waals surface area (Å²) in [6.07, 6.45) is 2.00. The predicted octanol–water partition coefficient (Wildman–Crippen LogP) is 1.03. The van der Waals surface area contributed by atoms with Crippen molar-refractivity contribution < 1.29 is 4.52 Å². The van der Waals surface area contributed by atoms with Gasteiger partial charge >= 0.3 is 0 Å². The summed E-state index contributed by atoms with van der Waals surface area (Å²) in [5, 5.41) is 8.36. The van der Waals surface area contributed by atoms with Crippen molar-refractivity contribution in [3.63, 3.8) is 0 Å². The molecule has 0 saturated carbocycles. The van der Waals surface area contributed by atoms with Gasteiger partial charge in [-0.1, -0.05) is 5.16 Å². The first-order chi connectivity index (χ1) is 9.69. The molecule has 0 unspecified atom stereocenters. The average molecular weight is 275 g/mol. The second-order valence-corrected chi connectivity index (χ2v) is 5.47. The van der Waals surface area contributed by atoms with Crippen LogP contribution in [0.3, 0.4) is 0 Å². The maximum absolute atomic E-state index is 5.27. The zero-order chi connectivity index (χ0) is 13.9. The topological polar surface area (TPSA) is 50.3 Å². The van der Waals surface area contributed by atoms with Gasteiger partial charge in [0.05, 0.1) is 17.9 Å². The van der Waals surface area contributed by atoms with Gasteiger partial charge in [-0.05, 0) is 13.0 Å². The van der Waals surface area contributed by atoms with E-state index in [0.29, 0.717) is 0 Å². The van der Waals surface area contributed by atoms with E-state index in [9.17, 15) is 0 Å². The lowest BCUT2D eigenvalue weighted by Crippen LogP contribution is -2.45. The number of aromatic nitrogens is 3. The van der Waals surface area contributed by atoms with Crippen molar-refractivity contribution >= 4 is 0 Å². The molecule has 0 aromatic carbocycles. The highest BCUT2D eigenvalue weighted by Crippen LogP contribution is 2.11. The number of piperazine rings is 1. The quantitative estimate of drug-likeness (QED) is 0.834. The van der Waals surface area contributed by atoms with E-state index >= 15 is 0 Å². The van der Waals surface area contributed by atoms with Gasteiger partial charge in [-0.25, -0.2) is 0 Å². The first-order valence-corrected chi connectivity index (χ1v) is 7.04. The normalized spacial score (nSPS) is 17.7. The first kappa shape index (κ1) is 13.3. The molecule has 2 aromatic heterocycles. The zero-order valence-electron chi connectivity index (χ0n) is 12.1. The Morgan fingerprint density at radius 1 is 1.15 bits per heavy atom. The maximum atomic E-state index is 5.27. The van der Waals surface area contributed by atoms with Crippen LogP contribution in [0.2, 0.25) is 0 Å². The summed E-state index contributed by atoms with van der Waals surface area (Å²) < 4.78 is 7.13. The van der Waals surface area contributed by atoms with Crippen LogP contribution in [0.1, 0.15) is 17.1 Å². The summed E-state index contributed by atoms with van der Waals surface area (Å²) in [6, 6.07) is 4.10. The Hall–Kier alpha value is -1.66. The molecule has 3 heterocycles. The van der Waals surface area contributed by atoms with Gasteiger partial charge in [0.1, 0.15) is 0 Å². The Morgan fingerprint density at radius 2 is 1.85 bits per heavy atom. The molecule has 0 amide bonds. The Labute approximate surface area is 118 Å². The van der Waals surface area contributed by atoms with E-state index < -0.39 is 0 Å². The molecule has 108 valence electrons. The van der Waals surface area contributed by atoms with Gasteiger partial charge in [-0.3, -0.25) is 14.5 Å². The molecule has 3 rings (SSSR count). The third kappa shape index (κ3) is 3.26. The van der Waals surface area contributed by atoms with Crippen LogP contribution >= 0.6 is 0 Å². The maximum Gasteiger partial charge on any atom is 0.150 e. The van der Waals surface area contributed by atoms with E-state index in [4.69, 9.17) is 4.52 Å². The second kappa shape index (κ2) is 5.76. The fourth-order valence-electron chi connectivity index (χ4n) is 2.59. The molecule has 6 heteroatoms. The van der Waals surface area contributed by atoms with Gasteiger partial charge < -0.3 is 4.52 Å². The molecule has 0 radical (unpaired) electrons. The molecule has 0 N–H and O–H groups in total. The van der Waals surface area contributed by atoms with Gasteiger partial charge in [0.25, 0.3) is 0 Å². The van der Waals surface area contributed by atoms with Crippen molar-refractivity contribution in [2.75, 3.05) is 26.2 Å². The summed E-state index contributed by atoms with van der Waals surface area (Å²) in [7, 11) is 1.96. The summed E-state index contributed by atoms with van der Waals surface area (Å²) in [4.78, 5) is 4.86. The second-order valence-electron chi connectivity index (χ2n) is 5.47. The lowest BCUT2D eigenvalue weighted by Gasteiger charge is -2.33. The van der Waals surface area contributed by atoms with Crippen molar-refractivity contribution in [3.8, 4) is 0 Å². The minimum absolute atomic E-state index is 0.859. The van der Waals surface area contributed by atoms with Crippen LogP contribution in [0.25, 0.3) is 0 Å². The zero-order valence-corrected chi connectivity index (χ0v) is 12.1. The van der Waals surface area contributed by atoms with Crippen LogP contribution < -0.4 is 0 Å². The number of rotatable bonds is 4. The molecule has 6 nitrogen and oxygen atoms in total. The van der Waals surface area contributed by atoms with Crippen LogP contribution in [0.4, 0.5) is 0 Å². The largest absolute Gasteiger partial charge is 0.360 e. The van der Waals surface area contributed by atoms with Crippen LogP contribution in [0, 0.1) is 6.92 Å². The number of aryl methyl sites for hydroxylation is 2. The molecule has 1 aliphatic rings. The molecule has 0 aliphatic carbocycles. The minimum atomic E-state index is 0.859. The molecule has 0 bridgehead atoms. The van der Waals surface area contributed by atoms with E-state index in [2.05, 4.69) is 26.1 Å². The predicted molar refractivity (Wildman–Crippen MR) is 75.0 cm³/mol. The summed E-state index contributed by atoms with van der Waals surface area (Å²) in [6.45, 7) is 8.03. The van der Waals surface area contributed by atoms with Gasteiger partial charge in [-0.15, -0.1) is 0 Å². The molecule has 1 fully saturated rings. The fourth-order valence-corrected chi connectivity index (χ4v) is 2.59. The van der Waals surface area contributed by atoms with Crippen LogP contribution in [-0.4, -0.2) is 50.9 Å². The standard InChI is InChI=1S/C14H21N5O/c1-12-9-14(20-16-12)11-19-7-5-18(6-8-19)10-13-3-4-17(2)15-13/h3-4,9H,5-8,10-11H2,1-2H3. The number of hydrogen-bond acceptors (Lipinski definition) is 5. The van der Waals surface area contributed by atoms with E-state index in [1.165, 1.54) is 0 Å². The first-order valence-electron chi connectivity index (χ1n) is 7.04. The molecule has 20 heavy (non-hydrogen) atoms. The molecule has 1 aliphatic heterocycles. The third-order valence-electron chi connectivity index (χ3n) is 3.68. The van der Waals surface area contributed by atoms with E-state index in [0.717, 1.165) is 56.4 Å². The lowest BCUT2D eigenvalue weighted by molar-refractivity contribution is 0.112. The summed E-state index contributed by atoms with van der Waals surface area (Å²) in [5.74, 6) is 0.959.